The molecule has 0 bridgehead atoms. The van der Waals surface area contributed by atoms with Crippen LogP contribution in [0.25, 0.3) is 0 Å². The minimum Gasteiger partial charge on any atom is -0.344 e. The lowest BCUT2D eigenvalue weighted by molar-refractivity contribution is -0.138. The second kappa shape index (κ2) is 11.1. The van der Waals surface area contributed by atoms with Crippen LogP contribution in [0.5, 0.6) is 0 Å². The van der Waals surface area contributed by atoms with Crippen molar-refractivity contribution in [1.82, 2.24) is 15.1 Å². The number of halogens is 1. The van der Waals surface area contributed by atoms with Gasteiger partial charge in [-0.2, -0.15) is 0 Å². The van der Waals surface area contributed by atoms with E-state index in [-0.39, 0.29) is 29.8 Å². The molecule has 1 aromatic carbocycles. The second-order valence-corrected chi connectivity index (χ2v) is 7.85. The van der Waals surface area contributed by atoms with Gasteiger partial charge in [-0.1, -0.05) is 26.8 Å². The van der Waals surface area contributed by atoms with Crippen molar-refractivity contribution < 1.29 is 18.8 Å². The van der Waals surface area contributed by atoms with E-state index in [1.807, 2.05) is 14.0 Å². The summed E-state index contributed by atoms with van der Waals surface area (Å²) in [4.78, 5) is 40.9. The Labute approximate surface area is 178 Å². The molecule has 2 rings (SSSR count). The number of carbonyl (C=O) groups excluding carboxylic acids is 3. The number of hydrogen-bond donors (Lipinski definition) is 2. The number of amides is 3. The van der Waals surface area contributed by atoms with E-state index in [9.17, 15) is 18.8 Å². The second-order valence-electron chi connectivity index (χ2n) is 7.85. The normalized spacial score (nSPS) is 16.6. The van der Waals surface area contributed by atoms with E-state index in [0.29, 0.717) is 31.5 Å². The third-order valence-electron chi connectivity index (χ3n) is 5.49. The van der Waals surface area contributed by atoms with Gasteiger partial charge >= 0.3 is 0 Å². The van der Waals surface area contributed by atoms with Crippen LogP contribution in [0.2, 0.25) is 0 Å². The Morgan fingerprint density at radius 2 is 1.77 bits per heavy atom. The van der Waals surface area contributed by atoms with Crippen molar-refractivity contribution >= 4 is 23.4 Å². The Morgan fingerprint density at radius 3 is 2.33 bits per heavy atom. The number of piperazine rings is 1. The Morgan fingerprint density at radius 1 is 1.10 bits per heavy atom. The molecule has 3 amide bonds. The fourth-order valence-corrected chi connectivity index (χ4v) is 3.45. The molecule has 7 nitrogen and oxygen atoms in total. The molecule has 1 fully saturated rings. The molecule has 8 heteroatoms. The molecule has 0 saturated carbocycles. The zero-order chi connectivity index (χ0) is 22.3. The van der Waals surface area contributed by atoms with E-state index in [2.05, 4.69) is 15.5 Å². The van der Waals surface area contributed by atoms with Crippen molar-refractivity contribution in [3.05, 3.63) is 29.6 Å². The highest BCUT2D eigenvalue weighted by molar-refractivity contribution is 5.91. The third kappa shape index (κ3) is 6.26. The summed E-state index contributed by atoms with van der Waals surface area (Å²) in [6.45, 7) is 8.14. The molecule has 2 N–H and O–H groups in total. The molecule has 0 aromatic heterocycles. The van der Waals surface area contributed by atoms with E-state index in [1.54, 1.807) is 24.8 Å². The van der Waals surface area contributed by atoms with Crippen molar-refractivity contribution in [2.24, 2.45) is 0 Å². The highest BCUT2D eigenvalue weighted by Gasteiger charge is 2.32. The lowest BCUT2D eigenvalue weighted by atomic mass is 9.91. The lowest BCUT2D eigenvalue weighted by Gasteiger charge is -2.36. The molecule has 0 radical (unpaired) electrons. The lowest BCUT2D eigenvalue weighted by Crippen LogP contribution is -2.55. The number of benzene rings is 1. The maximum atomic E-state index is 14.6. The Kier molecular flexibility index (Phi) is 8.77. The molecular formula is C22H33FN4O3. The molecule has 30 heavy (non-hydrogen) atoms. The molecule has 2 atom stereocenters. The maximum absolute atomic E-state index is 14.6. The molecule has 166 valence electrons. The van der Waals surface area contributed by atoms with Gasteiger partial charge in [-0.05, 0) is 31.2 Å². The third-order valence-corrected chi connectivity index (χ3v) is 5.49. The molecule has 1 heterocycles. The maximum Gasteiger partial charge on any atom is 0.245 e. The standard InChI is InChI=1S/C22H33FN4O3/c1-5-7-20(29)24-18-9-8-16(14-17(18)23)15(3)21(25-19(28)6-2)22(30)27-12-10-26(4)11-13-27/h8-9,14-15,21H,5-7,10-13H2,1-4H3,(H,24,29)(H,25,28)/t15-,21+/m0/s1. The van der Waals surface area contributed by atoms with E-state index in [1.165, 1.54) is 12.1 Å². The largest absolute Gasteiger partial charge is 0.344 e. The number of hydrogen-bond acceptors (Lipinski definition) is 4. The average molecular weight is 421 g/mol. The zero-order valence-corrected chi connectivity index (χ0v) is 18.3. The van der Waals surface area contributed by atoms with Crippen LogP contribution in [0.1, 0.15) is 51.5 Å². The van der Waals surface area contributed by atoms with Gasteiger partial charge in [-0.25, -0.2) is 4.39 Å². The summed E-state index contributed by atoms with van der Waals surface area (Å²) in [5, 5.41) is 5.38. The molecule has 1 aromatic rings. The van der Waals surface area contributed by atoms with E-state index in [0.717, 1.165) is 13.1 Å². The number of carbonyl (C=O) groups is 3. The first-order valence-electron chi connectivity index (χ1n) is 10.6. The topological polar surface area (TPSA) is 81.8 Å². The first-order chi connectivity index (χ1) is 14.3. The molecular weight excluding hydrogens is 387 g/mol. The first-order valence-corrected chi connectivity index (χ1v) is 10.6. The van der Waals surface area contributed by atoms with Crippen molar-refractivity contribution in [3.63, 3.8) is 0 Å². The first kappa shape index (κ1) is 23.8. The van der Waals surface area contributed by atoms with Crippen LogP contribution in [0.4, 0.5) is 10.1 Å². The average Bonchev–Trinajstić information content (AvgIpc) is 2.73. The summed E-state index contributed by atoms with van der Waals surface area (Å²) in [5.41, 5.74) is 0.703. The van der Waals surface area contributed by atoms with E-state index < -0.39 is 17.8 Å². The smallest absolute Gasteiger partial charge is 0.245 e. The zero-order valence-electron chi connectivity index (χ0n) is 18.3. The summed E-state index contributed by atoms with van der Waals surface area (Å²) in [6.07, 6.45) is 1.26. The van der Waals surface area contributed by atoms with E-state index in [4.69, 9.17) is 0 Å². The van der Waals surface area contributed by atoms with Crippen LogP contribution in [-0.4, -0.2) is 66.8 Å². The molecule has 0 aliphatic carbocycles. The van der Waals surface area contributed by atoms with Crippen LogP contribution in [0, 0.1) is 5.82 Å². The fraction of sp³-hybridized carbons (Fsp3) is 0.591. The number of likely N-dealkylation sites (N-methyl/N-ethyl adjacent to an activating group) is 1. The quantitative estimate of drug-likeness (QED) is 0.676. The highest BCUT2D eigenvalue weighted by Crippen LogP contribution is 2.25. The fourth-order valence-electron chi connectivity index (χ4n) is 3.45. The van der Waals surface area contributed by atoms with Gasteiger partial charge in [0.05, 0.1) is 5.69 Å². The Bertz CT molecular complexity index is 763. The van der Waals surface area contributed by atoms with Gasteiger partial charge in [0, 0.05) is 44.9 Å². The van der Waals surface area contributed by atoms with Gasteiger partial charge in [0.2, 0.25) is 17.7 Å². The van der Waals surface area contributed by atoms with Crippen LogP contribution in [0.3, 0.4) is 0 Å². The van der Waals surface area contributed by atoms with Crippen LogP contribution in [-0.2, 0) is 14.4 Å². The molecule has 0 unspecified atom stereocenters. The molecule has 1 saturated heterocycles. The van der Waals surface area contributed by atoms with Gasteiger partial charge < -0.3 is 20.4 Å². The Hall–Kier alpha value is -2.48. The van der Waals surface area contributed by atoms with Crippen molar-refractivity contribution in [2.75, 3.05) is 38.5 Å². The number of nitrogens with zero attached hydrogens (tertiary/aromatic N) is 2. The van der Waals surface area contributed by atoms with E-state index >= 15 is 0 Å². The summed E-state index contributed by atoms with van der Waals surface area (Å²) < 4.78 is 14.6. The highest BCUT2D eigenvalue weighted by atomic mass is 19.1. The van der Waals surface area contributed by atoms with Gasteiger partial charge in [-0.3, -0.25) is 14.4 Å². The predicted octanol–water partition coefficient (Wildman–Crippen LogP) is 2.34. The van der Waals surface area contributed by atoms with Crippen molar-refractivity contribution in [2.45, 2.75) is 52.0 Å². The Balaban J connectivity index is 2.21. The van der Waals surface area contributed by atoms with Crippen molar-refractivity contribution in [1.29, 1.82) is 0 Å². The summed E-state index contributed by atoms with van der Waals surface area (Å²) >= 11 is 0. The molecule has 1 aliphatic heterocycles. The van der Waals surface area contributed by atoms with Crippen LogP contribution < -0.4 is 10.6 Å². The monoisotopic (exact) mass is 420 g/mol. The van der Waals surface area contributed by atoms with Crippen LogP contribution >= 0.6 is 0 Å². The molecule has 0 spiro atoms. The van der Waals surface area contributed by atoms with Gasteiger partial charge in [0.1, 0.15) is 11.9 Å². The number of anilines is 1. The molecule has 1 aliphatic rings. The SMILES string of the molecule is CCCC(=O)Nc1ccc([C@H](C)[C@@H](NC(=O)CC)C(=O)N2CCN(C)CC2)cc1F. The van der Waals surface area contributed by atoms with Gasteiger partial charge in [0.25, 0.3) is 0 Å². The van der Waals surface area contributed by atoms with Gasteiger partial charge in [0.15, 0.2) is 0 Å². The number of rotatable bonds is 8. The van der Waals surface area contributed by atoms with Crippen LogP contribution in [0.15, 0.2) is 18.2 Å². The predicted molar refractivity (Wildman–Crippen MR) is 115 cm³/mol. The summed E-state index contributed by atoms with van der Waals surface area (Å²) in [5.74, 6) is -1.61. The minimum absolute atomic E-state index is 0.115. The van der Waals surface area contributed by atoms with Gasteiger partial charge in [-0.15, -0.1) is 0 Å². The summed E-state index contributed by atoms with van der Waals surface area (Å²) in [7, 11) is 2.00. The number of nitrogens with one attached hydrogen (secondary N) is 2. The minimum atomic E-state index is -0.777. The summed E-state index contributed by atoms with van der Waals surface area (Å²) in [6, 6.07) is 3.75. The van der Waals surface area contributed by atoms with Crippen molar-refractivity contribution in [3.8, 4) is 0 Å².